The third kappa shape index (κ3) is 2.27. The fourth-order valence-corrected chi connectivity index (χ4v) is 4.62. The monoisotopic (exact) mass is 360 g/mol. The highest BCUT2D eigenvalue weighted by Gasteiger charge is 2.22. The van der Waals surface area contributed by atoms with Gasteiger partial charge in [0.1, 0.15) is 0 Å². The highest BCUT2D eigenvalue weighted by Crippen LogP contribution is 2.38. The summed E-state index contributed by atoms with van der Waals surface area (Å²) in [5, 5.41) is 2.54. The molecule has 0 saturated carbocycles. The zero-order chi connectivity index (χ0) is 18.5. The Labute approximate surface area is 164 Å². The van der Waals surface area contributed by atoms with Crippen LogP contribution < -0.4 is 0 Å². The van der Waals surface area contributed by atoms with Crippen molar-refractivity contribution in [3.63, 3.8) is 0 Å². The molecule has 3 aliphatic carbocycles. The molecule has 6 rings (SSSR count). The van der Waals surface area contributed by atoms with Gasteiger partial charge in [0, 0.05) is 10.9 Å². The smallest absolute Gasteiger partial charge is 0.0979 e. The second-order valence-corrected chi connectivity index (χ2v) is 7.65. The minimum Gasteiger partial charge on any atom is -0.244 e. The van der Waals surface area contributed by atoms with E-state index in [4.69, 9.17) is 9.97 Å². The minimum atomic E-state index is 0.927. The molecule has 0 bridgehead atoms. The van der Waals surface area contributed by atoms with Crippen LogP contribution in [0.4, 0.5) is 0 Å². The van der Waals surface area contributed by atoms with Gasteiger partial charge in [-0.05, 0) is 47.8 Å². The Balaban J connectivity index is 1.75. The quantitative estimate of drug-likeness (QED) is 0.492. The van der Waals surface area contributed by atoms with Crippen LogP contribution in [-0.4, -0.2) is 9.97 Å². The Morgan fingerprint density at radius 3 is 2.07 bits per heavy atom. The Morgan fingerprint density at radius 1 is 0.714 bits per heavy atom. The number of hydrogen-bond acceptors (Lipinski definition) is 2. The first-order chi connectivity index (χ1) is 13.9. The molecule has 3 aromatic rings. The van der Waals surface area contributed by atoms with E-state index in [0.29, 0.717) is 0 Å². The van der Waals surface area contributed by atoms with Crippen molar-refractivity contribution in [2.24, 2.45) is 0 Å². The second-order valence-electron chi connectivity index (χ2n) is 7.65. The molecule has 0 spiro atoms. The van der Waals surface area contributed by atoms with Gasteiger partial charge in [-0.2, -0.15) is 0 Å². The lowest BCUT2D eigenvalue weighted by Crippen LogP contribution is -2.05. The van der Waals surface area contributed by atoms with E-state index < -0.39 is 0 Å². The van der Waals surface area contributed by atoms with Gasteiger partial charge >= 0.3 is 0 Å². The number of nitrogens with zero attached hydrogens (tertiary/aromatic N) is 2. The molecule has 0 fully saturated rings. The van der Waals surface area contributed by atoms with Crippen LogP contribution in [0.25, 0.3) is 39.0 Å². The number of aryl methyl sites for hydroxylation is 1. The highest BCUT2D eigenvalue weighted by atomic mass is 14.8. The van der Waals surface area contributed by atoms with Crippen molar-refractivity contribution in [3.8, 4) is 0 Å². The van der Waals surface area contributed by atoms with Crippen LogP contribution in [0.15, 0.2) is 66.8 Å². The van der Waals surface area contributed by atoms with E-state index in [0.717, 1.165) is 48.1 Å². The summed E-state index contributed by atoms with van der Waals surface area (Å²) in [5.41, 5.74) is 9.35. The molecule has 2 aromatic carbocycles. The zero-order valence-corrected chi connectivity index (χ0v) is 15.7. The van der Waals surface area contributed by atoms with Crippen molar-refractivity contribution < 1.29 is 0 Å². The Kier molecular flexibility index (Phi) is 3.45. The summed E-state index contributed by atoms with van der Waals surface area (Å²) in [5.74, 6) is 0. The Bertz CT molecular complexity index is 1300. The molecule has 0 atom stereocenters. The summed E-state index contributed by atoms with van der Waals surface area (Å²) in [7, 11) is 0. The van der Waals surface area contributed by atoms with E-state index in [1.807, 2.05) is 0 Å². The van der Waals surface area contributed by atoms with Gasteiger partial charge in [-0.1, -0.05) is 72.9 Å². The average molecular weight is 360 g/mol. The predicted octanol–water partition coefficient (Wildman–Crippen LogP) is 6.43. The van der Waals surface area contributed by atoms with Gasteiger partial charge in [0.2, 0.25) is 0 Å². The molecule has 0 aliphatic heterocycles. The van der Waals surface area contributed by atoms with Crippen LogP contribution in [0.5, 0.6) is 0 Å². The molecule has 2 heteroatoms. The highest BCUT2D eigenvalue weighted by molar-refractivity contribution is 6.10. The van der Waals surface area contributed by atoms with Crippen LogP contribution in [0, 0.1) is 0 Å². The van der Waals surface area contributed by atoms with Crippen LogP contribution in [0.2, 0.25) is 0 Å². The van der Waals surface area contributed by atoms with Crippen molar-refractivity contribution in [2.45, 2.75) is 25.7 Å². The molecule has 0 unspecified atom stereocenters. The maximum absolute atomic E-state index is 5.27. The Hall–Kier alpha value is -3.26. The molecule has 28 heavy (non-hydrogen) atoms. The van der Waals surface area contributed by atoms with Gasteiger partial charge in [0.25, 0.3) is 0 Å². The third-order valence-electron chi connectivity index (χ3n) is 5.98. The fourth-order valence-electron chi connectivity index (χ4n) is 4.62. The molecule has 0 N–H and O–H groups in total. The number of hydrogen-bond donors (Lipinski definition) is 0. The van der Waals surface area contributed by atoms with Gasteiger partial charge in [0.05, 0.1) is 22.4 Å². The molecule has 134 valence electrons. The van der Waals surface area contributed by atoms with E-state index in [1.54, 1.807) is 0 Å². The van der Waals surface area contributed by atoms with Gasteiger partial charge in [-0.25, -0.2) is 9.97 Å². The summed E-state index contributed by atoms with van der Waals surface area (Å²) >= 11 is 0. The number of fused-ring (bicyclic) bond motifs is 6. The molecule has 1 aromatic heterocycles. The van der Waals surface area contributed by atoms with Crippen LogP contribution in [0.1, 0.15) is 41.8 Å². The molecular formula is C26H20N2. The average Bonchev–Trinajstić information content (AvgIpc) is 3.47. The Morgan fingerprint density at radius 2 is 1.39 bits per heavy atom. The van der Waals surface area contributed by atoms with Crippen LogP contribution >= 0.6 is 0 Å². The molecular weight excluding hydrogens is 340 g/mol. The first kappa shape index (κ1) is 15.8. The largest absolute Gasteiger partial charge is 0.244 e. The molecule has 2 nitrogen and oxygen atoms in total. The van der Waals surface area contributed by atoms with Crippen LogP contribution in [-0.2, 0) is 6.42 Å². The SMILES string of the molecule is C1=CCC(c2nc3c4c(c5ccccc5c3nc2C2=CC=CC2)CCC=C4)=C1. The topological polar surface area (TPSA) is 25.8 Å². The van der Waals surface area contributed by atoms with Crippen molar-refractivity contribution >= 4 is 39.0 Å². The van der Waals surface area contributed by atoms with Crippen LogP contribution in [0.3, 0.4) is 0 Å². The van der Waals surface area contributed by atoms with E-state index in [1.165, 1.54) is 33.0 Å². The number of rotatable bonds is 2. The van der Waals surface area contributed by atoms with E-state index >= 15 is 0 Å². The van der Waals surface area contributed by atoms with Crippen molar-refractivity contribution in [1.29, 1.82) is 0 Å². The minimum absolute atomic E-state index is 0.927. The predicted molar refractivity (Wildman–Crippen MR) is 118 cm³/mol. The van der Waals surface area contributed by atoms with Crippen molar-refractivity contribution in [2.75, 3.05) is 0 Å². The molecule has 3 aliphatic rings. The normalized spacial score (nSPS) is 17.4. The molecule has 0 saturated heterocycles. The summed E-state index contributed by atoms with van der Waals surface area (Å²) in [4.78, 5) is 10.5. The lowest BCUT2D eigenvalue weighted by atomic mass is 9.89. The molecule has 0 radical (unpaired) electrons. The van der Waals surface area contributed by atoms with Gasteiger partial charge in [-0.3, -0.25) is 0 Å². The van der Waals surface area contributed by atoms with E-state index in [-0.39, 0.29) is 0 Å². The summed E-state index contributed by atoms with van der Waals surface area (Å²) in [6.45, 7) is 0. The number of allylic oxidation sites excluding steroid dienone is 9. The first-order valence-corrected chi connectivity index (χ1v) is 10.0. The lowest BCUT2D eigenvalue weighted by molar-refractivity contribution is 0.997. The van der Waals surface area contributed by atoms with Crippen molar-refractivity contribution in [3.05, 3.63) is 89.3 Å². The lowest BCUT2D eigenvalue weighted by Gasteiger charge is -2.19. The summed E-state index contributed by atoms with van der Waals surface area (Å²) in [6.07, 6.45) is 21.6. The van der Waals surface area contributed by atoms with E-state index in [9.17, 15) is 0 Å². The van der Waals surface area contributed by atoms with Gasteiger partial charge < -0.3 is 0 Å². The maximum atomic E-state index is 5.27. The zero-order valence-electron chi connectivity index (χ0n) is 15.7. The summed E-state index contributed by atoms with van der Waals surface area (Å²) in [6, 6.07) is 8.68. The molecule has 0 amide bonds. The molecule has 1 heterocycles. The van der Waals surface area contributed by atoms with Gasteiger partial charge in [-0.15, -0.1) is 0 Å². The van der Waals surface area contributed by atoms with Gasteiger partial charge in [0.15, 0.2) is 0 Å². The fraction of sp³-hybridized carbons (Fsp3) is 0.154. The van der Waals surface area contributed by atoms with E-state index in [2.05, 4.69) is 72.9 Å². The first-order valence-electron chi connectivity index (χ1n) is 10.0. The second kappa shape index (κ2) is 6.13. The maximum Gasteiger partial charge on any atom is 0.0979 e. The van der Waals surface area contributed by atoms with Crippen molar-refractivity contribution in [1.82, 2.24) is 9.97 Å². The third-order valence-corrected chi connectivity index (χ3v) is 5.98. The number of aromatic nitrogens is 2. The number of benzene rings is 2. The summed E-state index contributed by atoms with van der Waals surface area (Å²) < 4.78 is 0. The standard InChI is InChI=1S/C26H20N2/c1-2-10-17(9-1)23-24(18-11-3-4-12-18)28-26-22-16-8-6-14-20(22)19-13-5-7-15-21(19)25(26)27-23/h1-5,7-9,11,13,15-16H,6,10,12,14H2.